The first-order chi connectivity index (χ1) is 23.8. The summed E-state index contributed by atoms with van der Waals surface area (Å²) in [6.45, 7) is 5.82. The first-order valence-electron chi connectivity index (χ1n) is 19.1. The summed E-state index contributed by atoms with van der Waals surface area (Å²) in [6.07, 6.45) is 32.9. The van der Waals surface area contributed by atoms with Crippen LogP contribution in [0.1, 0.15) is 165 Å². The van der Waals surface area contributed by atoms with Crippen molar-refractivity contribution in [1.82, 2.24) is 9.97 Å². The maximum Gasteiger partial charge on any atom is 0.178 e. The molecule has 0 saturated carbocycles. The molecule has 258 valence electrons. The van der Waals surface area contributed by atoms with Crippen LogP contribution in [0.25, 0.3) is 0 Å². The maximum atomic E-state index is 6.55. The Morgan fingerprint density at radius 1 is 0.396 bits per heavy atom. The lowest BCUT2D eigenvalue weighted by atomic mass is 10.1. The minimum Gasteiger partial charge on any atom is -0.488 e. The Morgan fingerprint density at radius 2 is 0.708 bits per heavy atom. The Bertz CT molecular complexity index is 1260. The van der Waals surface area contributed by atoms with Gasteiger partial charge in [-0.15, -0.1) is 0 Å². The van der Waals surface area contributed by atoms with Crippen LogP contribution in [0.15, 0.2) is 61.2 Å². The summed E-state index contributed by atoms with van der Waals surface area (Å²) in [5.41, 5.74) is 3.48. The van der Waals surface area contributed by atoms with Crippen LogP contribution in [0.2, 0.25) is 0 Å². The van der Waals surface area contributed by atoms with E-state index in [0.29, 0.717) is 24.7 Å². The second kappa shape index (κ2) is 26.2. The average Bonchev–Trinajstić information content (AvgIpc) is 3.12. The Labute approximate surface area is 292 Å². The molecule has 0 amide bonds. The van der Waals surface area contributed by atoms with E-state index in [9.17, 15) is 0 Å². The Morgan fingerprint density at radius 3 is 1.04 bits per heavy atom. The second-order valence-electron chi connectivity index (χ2n) is 12.9. The number of ether oxygens (including phenoxy) is 2. The normalized spacial score (nSPS) is 10.5. The van der Waals surface area contributed by atoms with Crippen LogP contribution in [0.3, 0.4) is 0 Å². The number of unbranched alkanes of at least 4 members (excludes halogenated alkanes) is 18. The molecular formula is C44H60N2O2. The zero-order valence-electron chi connectivity index (χ0n) is 30.0. The Balaban J connectivity index is 1.68. The monoisotopic (exact) mass is 648 g/mol. The highest BCUT2D eigenvalue weighted by Crippen LogP contribution is 2.35. The number of hydrogen-bond acceptors (Lipinski definition) is 4. The molecule has 4 nitrogen and oxygen atoms in total. The number of rotatable bonds is 24. The zero-order valence-corrected chi connectivity index (χ0v) is 30.0. The van der Waals surface area contributed by atoms with Gasteiger partial charge in [-0.2, -0.15) is 0 Å². The van der Waals surface area contributed by atoms with E-state index >= 15 is 0 Å². The molecule has 0 spiro atoms. The van der Waals surface area contributed by atoms with Crippen LogP contribution in [0.5, 0.6) is 11.5 Å². The minimum atomic E-state index is 0.635. The van der Waals surface area contributed by atoms with Gasteiger partial charge in [0.1, 0.15) is 0 Å². The zero-order chi connectivity index (χ0) is 33.7. The van der Waals surface area contributed by atoms with E-state index < -0.39 is 0 Å². The van der Waals surface area contributed by atoms with E-state index in [1.807, 2.05) is 36.4 Å². The molecule has 0 atom stereocenters. The quantitative estimate of drug-likeness (QED) is 0.0716. The summed E-state index contributed by atoms with van der Waals surface area (Å²) in [5, 5.41) is 0. The first kappa shape index (κ1) is 38.7. The van der Waals surface area contributed by atoms with Crippen molar-refractivity contribution in [3.8, 4) is 35.2 Å². The van der Waals surface area contributed by atoms with E-state index in [2.05, 4.69) is 47.5 Å². The van der Waals surface area contributed by atoms with E-state index in [1.165, 1.54) is 116 Å². The fourth-order valence-corrected chi connectivity index (χ4v) is 5.72. The van der Waals surface area contributed by atoms with Crippen LogP contribution >= 0.6 is 0 Å². The molecular weight excluding hydrogens is 588 g/mol. The van der Waals surface area contributed by atoms with E-state index in [1.54, 1.807) is 24.8 Å². The number of nitrogens with zero attached hydrogens (tertiary/aromatic N) is 2. The third kappa shape index (κ3) is 16.9. The van der Waals surface area contributed by atoms with Gasteiger partial charge in [0.25, 0.3) is 0 Å². The van der Waals surface area contributed by atoms with Crippen LogP contribution in [0, 0.1) is 23.7 Å². The SMILES string of the molecule is CCCCCCCCCCCCOc1c(C#Cc2ccncc2)ccc(C#Cc2ccncc2)c1OCCCCCCCCCCCC. The molecule has 2 aromatic heterocycles. The van der Waals surface area contributed by atoms with Crippen LogP contribution in [-0.2, 0) is 0 Å². The summed E-state index contributed by atoms with van der Waals surface area (Å²) in [5.74, 6) is 14.7. The summed E-state index contributed by atoms with van der Waals surface area (Å²) in [7, 11) is 0. The first-order valence-corrected chi connectivity index (χ1v) is 19.1. The minimum absolute atomic E-state index is 0.635. The fourth-order valence-electron chi connectivity index (χ4n) is 5.72. The van der Waals surface area contributed by atoms with Crippen molar-refractivity contribution in [1.29, 1.82) is 0 Å². The number of benzene rings is 1. The summed E-state index contributed by atoms with van der Waals surface area (Å²) in [6, 6.07) is 11.7. The summed E-state index contributed by atoms with van der Waals surface area (Å²) in [4.78, 5) is 8.26. The van der Waals surface area contributed by atoms with Crippen molar-refractivity contribution >= 4 is 0 Å². The van der Waals surface area contributed by atoms with Crippen LogP contribution in [0.4, 0.5) is 0 Å². The molecule has 3 aromatic rings. The lowest BCUT2D eigenvalue weighted by Gasteiger charge is -2.16. The molecule has 2 heterocycles. The van der Waals surface area contributed by atoms with Crippen LogP contribution < -0.4 is 9.47 Å². The molecule has 0 fully saturated rings. The van der Waals surface area contributed by atoms with Gasteiger partial charge in [-0.05, 0) is 49.2 Å². The fraction of sp³-hybridized carbons (Fsp3) is 0.545. The molecule has 3 rings (SSSR count). The van der Waals surface area contributed by atoms with Gasteiger partial charge in [0.15, 0.2) is 11.5 Å². The highest BCUT2D eigenvalue weighted by atomic mass is 16.5. The van der Waals surface area contributed by atoms with E-state index in [0.717, 1.165) is 35.1 Å². The predicted molar refractivity (Wildman–Crippen MR) is 202 cm³/mol. The van der Waals surface area contributed by atoms with Crippen LogP contribution in [-0.4, -0.2) is 23.2 Å². The average molecular weight is 649 g/mol. The summed E-state index contributed by atoms with van der Waals surface area (Å²) < 4.78 is 13.1. The van der Waals surface area contributed by atoms with Crippen molar-refractivity contribution in [2.75, 3.05) is 13.2 Å². The summed E-state index contributed by atoms with van der Waals surface area (Å²) >= 11 is 0. The Hall–Kier alpha value is -3.76. The largest absolute Gasteiger partial charge is 0.488 e. The van der Waals surface area contributed by atoms with Gasteiger partial charge in [-0.3, -0.25) is 9.97 Å². The highest BCUT2D eigenvalue weighted by molar-refractivity contribution is 5.63. The molecule has 1 aromatic carbocycles. The molecule has 0 aliphatic rings. The molecule has 0 saturated heterocycles. The van der Waals surface area contributed by atoms with Gasteiger partial charge in [0, 0.05) is 35.9 Å². The van der Waals surface area contributed by atoms with Crippen molar-refractivity contribution in [3.05, 3.63) is 83.4 Å². The van der Waals surface area contributed by atoms with Gasteiger partial charge in [0.05, 0.1) is 24.3 Å². The maximum absolute atomic E-state index is 6.55. The van der Waals surface area contributed by atoms with Gasteiger partial charge in [-0.25, -0.2) is 0 Å². The van der Waals surface area contributed by atoms with Crippen molar-refractivity contribution < 1.29 is 9.47 Å². The van der Waals surface area contributed by atoms with E-state index in [4.69, 9.17) is 9.47 Å². The number of hydrogen-bond donors (Lipinski definition) is 0. The van der Waals surface area contributed by atoms with Crippen molar-refractivity contribution in [2.45, 2.75) is 142 Å². The topological polar surface area (TPSA) is 44.2 Å². The molecule has 0 radical (unpaired) electrons. The second-order valence-corrected chi connectivity index (χ2v) is 12.9. The van der Waals surface area contributed by atoms with Gasteiger partial charge >= 0.3 is 0 Å². The molecule has 0 aliphatic carbocycles. The highest BCUT2D eigenvalue weighted by Gasteiger charge is 2.16. The number of pyridine rings is 2. The van der Waals surface area contributed by atoms with Crippen molar-refractivity contribution in [3.63, 3.8) is 0 Å². The molecule has 4 heteroatoms. The molecule has 0 bridgehead atoms. The molecule has 0 aliphatic heterocycles. The lowest BCUT2D eigenvalue weighted by molar-refractivity contribution is 0.257. The van der Waals surface area contributed by atoms with Crippen molar-refractivity contribution in [2.24, 2.45) is 0 Å². The Kier molecular flexibility index (Phi) is 21.1. The smallest absolute Gasteiger partial charge is 0.178 e. The van der Waals surface area contributed by atoms with Gasteiger partial charge < -0.3 is 9.47 Å². The third-order valence-corrected chi connectivity index (χ3v) is 8.64. The molecule has 0 N–H and O–H groups in total. The molecule has 48 heavy (non-hydrogen) atoms. The third-order valence-electron chi connectivity index (χ3n) is 8.64. The van der Waals surface area contributed by atoms with Gasteiger partial charge in [-0.1, -0.05) is 153 Å². The standard InChI is InChI=1S/C44H60N2O2/c1-3-5-7-9-11-13-15-17-19-21-37-47-43-41(25-23-39-29-33-45-34-30-39)27-28-42(26-24-40-31-35-46-36-32-40)44(43)48-38-22-20-18-16-14-12-10-8-6-4-2/h27-36H,3-22,37-38H2,1-2H3. The van der Waals surface area contributed by atoms with Gasteiger partial charge in [0.2, 0.25) is 0 Å². The number of aromatic nitrogens is 2. The molecule has 0 unspecified atom stereocenters. The lowest BCUT2D eigenvalue weighted by Crippen LogP contribution is -2.06. The van der Waals surface area contributed by atoms with E-state index in [-0.39, 0.29) is 0 Å². The predicted octanol–water partition coefficient (Wildman–Crippen LogP) is 11.9.